The molecule has 0 N–H and O–H groups in total. The molecule has 0 bridgehead atoms. The topological polar surface area (TPSA) is 61.8 Å². The van der Waals surface area contributed by atoms with E-state index in [0.29, 0.717) is 19.4 Å². The minimum Gasteiger partial charge on any atom is -0.462 e. The van der Waals surface area contributed by atoms with Crippen LogP contribution in [0.5, 0.6) is 0 Å². The van der Waals surface area contributed by atoms with E-state index in [1.807, 2.05) is 0 Å². The Hall–Kier alpha value is -1.62. The molecule has 1 atom stereocenters. The van der Waals surface area contributed by atoms with E-state index >= 15 is 0 Å². The van der Waals surface area contributed by atoms with E-state index in [1.165, 1.54) is 180 Å². The standard InChI is InChI=1S/C49H92O5/c1-4-7-10-13-16-19-21-23-24-25-26-27-28-31-33-36-39-42-48(50)53-46-47(54-49(51)43-40-37-34-30-18-15-12-9-6-3)45-52-44-41-38-35-32-29-22-20-17-14-11-8-5-2/h14,17,23-24,47H,4-13,15-16,18-22,25-46H2,1-3H3/b17-14-,24-23-. The fourth-order valence-corrected chi connectivity index (χ4v) is 6.84. The average Bonchev–Trinajstić information content (AvgIpc) is 3.17. The molecule has 0 aromatic carbocycles. The maximum atomic E-state index is 12.7. The van der Waals surface area contributed by atoms with E-state index in [1.54, 1.807) is 0 Å². The molecule has 0 amide bonds. The quantitative estimate of drug-likeness (QED) is 0.0352. The highest BCUT2D eigenvalue weighted by Crippen LogP contribution is 2.14. The number of hydrogen-bond acceptors (Lipinski definition) is 5. The number of carbonyl (C=O) groups is 2. The lowest BCUT2D eigenvalue weighted by molar-refractivity contribution is -0.163. The Morgan fingerprint density at radius 2 is 0.741 bits per heavy atom. The van der Waals surface area contributed by atoms with Crippen LogP contribution in [0.15, 0.2) is 24.3 Å². The van der Waals surface area contributed by atoms with Crippen LogP contribution in [-0.2, 0) is 23.8 Å². The smallest absolute Gasteiger partial charge is 0.306 e. The van der Waals surface area contributed by atoms with Gasteiger partial charge < -0.3 is 14.2 Å². The van der Waals surface area contributed by atoms with Gasteiger partial charge in [0.2, 0.25) is 0 Å². The van der Waals surface area contributed by atoms with E-state index < -0.39 is 6.10 Å². The number of hydrogen-bond donors (Lipinski definition) is 0. The third-order valence-corrected chi connectivity index (χ3v) is 10.5. The third kappa shape index (κ3) is 43.1. The molecule has 0 aromatic rings. The molecule has 0 radical (unpaired) electrons. The second kappa shape index (κ2) is 45.8. The summed E-state index contributed by atoms with van der Waals surface area (Å²) >= 11 is 0. The van der Waals surface area contributed by atoms with Crippen molar-refractivity contribution in [2.24, 2.45) is 0 Å². The second-order valence-corrected chi connectivity index (χ2v) is 16.0. The van der Waals surface area contributed by atoms with Gasteiger partial charge in [-0.3, -0.25) is 9.59 Å². The fraction of sp³-hybridized carbons (Fsp3) is 0.878. The lowest BCUT2D eigenvalue weighted by Gasteiger charge is -2.18. The lowest BCUT2D eigenvalue weighted by Crippen LogP contribution is -2.30. The molecular weight excluding hydrogens is 669 g/mol. The summed E-state index contributed by atoms with van der Waals surface area (Å²) in [5, 5.41) is 0. The first-order valence-electron chi connectivity index (χ1n) is 23.9. The molecule has 0 heterocycles. The summed E-state index contributed by atoms with van der Waals surface area (Å²) in [4.78, 5) is 25.2. The number of rotatable bonds is 44. The molecule has 5 heteroatoms. The van der Waals surface area contributed by atoms with Gasteiger partial charge in [-0.05, 0) is 64.2 Å². The first kappa shape index (κ1) is 52.4. The zero-order valence-electron chi connectivity index (χ0n) is 36.5. The van der Waals surface area contributed by atoms with Gasteiger partial charge in [0.1, 0.15) is 6.61 Å². The number of ether oxygens (including phenoxy) is 3. The SMILES string of the molecule is CCCC/C=C\CCCCCCCCOCC(COC(=O)CCCCCCCCC/C=C\CCCCCCCC)OC(=O)CCCCCCCCCCC. The Kier molecular flexibility index (Phi) is 44.4. The van der Waals surface area contributed by atoms with Gasteiger partial charge in [-0.25, -0.2) is 0 Å². The van der Waals surface area contributed by atoms with Crippen LogP contribution >= 0.6 is 0 Å². The van der Waals surface area contributed by atoms with Gasteiger partial charge in [0.25, 0.3) is 0 Å². The fourth-order valence-electron chi connectivity index (χ4n) is 6.84. The summed E-state index contributed by atoms with van der Waals surface area (Å²) in [6.45, 7) is 7.79. The van der Waals surface area contributed by atoms with Crippen LogP contribution < -0.4 is 0 Å². The monoisotopic (exact) mass is 761 g/mol. The van der Waals surface area contributed by atoms with Crippen molar-refractivity contribution in [2.75, 3.05) is 19.8 Å². The van der Waals surface area contributed by atoms with Crippen molar-refractivity contribution in [1.82, 2.24) is 0 Å². The van der Waals surface area contributed by atoms with Gasteiger partial charge in [-0.15, -0.1) is 0 Å². The number of esters is 2. The normalized spacial score (nSPS) is 12.3. The summed E-state index contributed by atoms with van der Waals surface area (Å²) in [7, 11) is 0. The maximum Gasteiger partial charge on any atom is 0.306 e. The molecule has 0 fully saturated rings. The van der Waals surface area contributed by atoms with Crippen molar-refractivity contribution in [1.29, 1.82) is 0 Å². The molecule has 0 rings (SSSR count). The van der Waals surface area contributed by atoms with Gasteiger partial charge in [0, 0.05) is 19.4 Å². The van der Waals surface area contributed by atoms with E-state index in [-0.39, 0.29) is 25.2 Å². The summed E-state index contributed by atoms with van der Waals surface area (Å²) in [6, 6.07) is 0. The summed E-state index contributed by atoms with van der Waals surface area (Å²) in [6.07, 6.45) is 51.8. The van der Waals surface area contributed by atoms with Gasteiger partial charge in [-0.1, -0.05) is 199 Å². The first-order chi connectivity index (χ1) is 26.6. The van der Waals surface area contributed by atoms with Crippen molar-refractivity contribution in [3.05, 3.63) is 24.3 Å². The van der Waals surface area contributed by atoms with Crippen molar-refractivity contribution in [3.63, 3.8) is 0 Å². The predicted octanol–water partition coefficient (Wildman–Crippen LogP) is 15.7. The largest absolute Gasteiger partial charge is 0.462 e. The zero-order valence-corrected chi connectivity index (χ0v) is 36.5. The van der Waals surface area contributed by atoms with Crippen LogP contribution in [0, 0.1) is 0 Å². The summed E-state index contributed by atoms with van der Waals surface area (Å²) in [5.41, 5.74) is 0. The van der Waals surface area contributed by atoms with Gasteiger partial charge in [-0.2, -0.15) is 0 Å². The van der Waals surface area contributed by atoms with E-state index in [4.69, 9.17) is 14.2 Å². The van der Waals surface area contributed by atoms with E-state index in [2.05, 4.69) is 45.1 Å². The van der Waals surface area contributed by atoms with Crippen LogP contribution in [-0.4, -0.2) is 37.9 Å². The predicted molar refractivity (Wildman–Crippen MR) is 233 cm³/mol. The molecular formula is C49H92O5. The highest BCUT2D eigenvalue weighted by atomic mass is 16.6. The van der Waals surface area contributed by atoms with Gasteiger partial charge >= 0.3 is 11.9 Å². The van der Waals surface area contributed by atoms with Gasteiger partial charge in [0.05, 0.1) is 6.61 Å². The Labute approximate surface area is 337 Å². The minimum atomic E-state index is -0.532. The molecule has 0 saturated heterocycles. The third-order valence-electron chi connectivity index (χ3n) is 10.5. The van der Waals surface area contributed by atoms with Crippen LogP contribution in [0.1, 0.15) is 252 Å². The van der Waals surface area contributed by atoms with Gasteiger partial charge in [0.15, 0.2) is 6.10 Å². The Morgan fingerprint density at radius 3 is 1.19 bits per heavy atom. The van der Waals surface area contributed by atoms with Crippen molar-refractivity contribution < 1.29 is 23.8 Å². The highest BCUT2D eigenvalue weighted by Gasteiger charge is 2.17. The van der Waals surface area contributed by atoms with Crippen molar-refractivity contribution in [3.8, 4) is 0 Å². The highest BCUT2D eigenvalue weighted by molar-refractivity contribution is 5.70. The molecule has 0 aromatic heterocycles. The van der Waals surface area contributed by atoms with Crippen LogP contribution in [0.4, 0.5) is 0 Å². The molecule has 5 nitrogen and oxygen atoms in total. The Balaban J connectivity index is 4.16. The second-order valence-electron chi connectivity index (χ2n) is 16.0. The van der Waals surface area contributed by atoms with E-state index in [9.17, 15) is 9.59 Å². The van der Waals surface area contributed by atoms with Crippen LogP contribution in [0.2, 0.25) is 0 Å². The molecule has 1 unspecified atom stereocenters. The lowest BCUT2D eigenvalue weighted by atomic mass is 10.1. The van der Waals surface area contributed by atoms with E-state index in [0.717, 1.165) is 38.5 Å². The molecule has 0 aliphatic carbocycles. The molecule has 0 aliphatic heterocycles. The number of allylic oxidation sites excluding steroid dienone is 4. The van der Waals surface area contributed by atoms with Crippen molar-refractivity contribution in [2.45, 2.75) is 258 Å². The zero-order chi connectivity index (χ0) is 39.3. The molecule has 0 aliphatic rings. The molecule has 0 saturated carbocycles. The molecule has 54 heavy (non-hydrogen) atoms. The molecule has 0 spiro atoms. The Bertz CT molecular complexity index is 821. The first-order valence-corrected chi connectivity index (χ1v) is 23.9. The average molecular weight is 761 g/mol. The Morgan fingerprint density at radius 1 is 0.389 bits per heavy atom. The minimum absolute atomic E-state index is 0.0859. The summed E-state index contributed by atoms with van der Waals surface area (Å²) in [5.74, 6) is -0.397. The molecule has 318 valence electrons. The van der Waals surface area contributed by atoms with Crippen LogP contribution in [0.25, 0.3) is 0 Å². The summed E-state index contributed by atoms with van der Waals surface area (Å²) < 4.78 is 17.3. The number of carbonyl (C=O) groups excluding carboxylic acids is 2. The van der Waals surface area contributed by atoms with Crippen molar-refractivity contribution >= 4 is 11.9 Å². The number of unbranched alkanes of at least 4 members (excludes halogenated alkanes) is 29. The maximum absolute atomic E-state index is 12.7. The van der Waals surface area contributed by atoms with Crippen LogP contribution in [0.3, 0.4) is 0 Å².